The number of nitro groups is 1. The highest BCUT2D eigenvalue weighted by Crippen LogP contribution is 2.34. The van der Waals surface area contributed by atoms with E-state index in [0.29, 0.717) is 12.3 Å². The first-order chi connectivity index (χ1) is 10.1. The number of hydrogen-bond acceptors (Lipinski definition) is 6. The summed E-state index contributed by atoms with van der Waals surface area (Å²) in [7, 11) is 0. The van der Waals surface area contributed by atoms with E-state index in [0.717, 1.165) is 9.99 Å². The van der Waals surface area contributed by atoms with Crippen LogP contribution >= 0.6 is 22.6 Å². The van der Waals surface area contributed by atoms with Gasteiger partial charge in [0.2, 0.25) is 5.82 Å². The van der Waals surface area contributed by atoms with Gasteiger partial charge in [-0.2, -0.15) is 4.98 Å². The van der Waals surface area contributed by atoms with Gasteiger partial charge in [0, 0.05) is 10.1 Å². The number of ether oxygens (including phenoxy) is 1. The van der Waals surface area contributed by atoms with Gasteiger partial charge in [-0.05, 0) is 47.2 Å². The Balaban J connectivity index is 2.36. The van der Waals surface area contributed by atoms with E-state index < -0.39 is 4.92 Å². The van der Waals surface area contributed by atoms with Crippen LogP contribution in [0.2, 0.25) is 0 Å². The standard InChI is InChI=1S/C13H13IN4O3/c1-2-6-15-12-11(18(19)20)13(17-8-16-12)21-10-5-3-4-9(14)7-10/h3-5,7-8H,2,6H2,1H3,(H,15,16,17). The molecule has 0 spiro atoms. The minimum atomic E-state index is -0.540. The third-order valence-corrected chi connectivity index (χ3v) is 3.20. The van der Waals surface area contributed by atoms with Gasteiger partial charge in [-0.15, -0.1) is 0 Å². The molecule has 0 saturated heterocycles. The second kappa shape index (κ2) is 7.16. The maximum atomic E-state index is 11.3. The molecule has 2 rings (SSSR count). The zero-order valence-electron chi connectivity index (χ0n) is 11.2. The van der Waals surface area contributed by atoms with Gasteiger partial charge in [-0.25, -0.2) is 4.98 Å². The Labute approximate surface area is 135 Å². The van der Waals surface area contributed by atoms with Crippen LogP contribution in [-0.4, -0.2) is 21.4 Å². The van der Waals surface area contributed by atoms with Crippen LogP contribution in [0.1, 0.15) is 13.3 Å². The predicted octanol–water partition coefficient (Wildman–Crippen LogP) is 3.60. The van der Waals surface area contributed by atoms with Crippen LogP contribution in [0.4, 0.5) is 11.5 Å². The van der Waals surface area contributed by atoms with Gasteiger partial charge in [0.1, 0.15) is 12.1 Å². The summed E-state index contributed by atoms with van der Waals surface area (Å²) in [6, 6.07) is 7.19. The number of aromatic nitrogens is 2. The summed E-state index contributed by atoms with van der Waals surface area (Å²) >= 11 is 2.14. The summed E-state index contributed by atoms with van der Waals surface area (Å²) in [6.45, 7) is 2.55. The fourth-order valence-electron chi connectivity index (χ4n) is 1.62. The summed E-state index contributed by atoms with van der Waals surface area (Å²) in [5.41, 5.74) is -0.259. The molecule has 0 saturated carbocycles. The molecule has 0 radical (unpaired) electrons. The van der Waals surface area contributed by atoms with Crippen molar-refractivity contribution in [2.45, 2.75) is 13.3 Å². The molecule has 2 aromatic rings. The van der Waals surface area contributed by atoms with Crippen LogP contribution in [0.25, 0.3) is 0 Å². The third-order valence-electron chi connectivity index (χ3n) is 2.52. The first kappa shape index (κ1) is 15.4. The highest BCUT2D eigenvalue weighted by Gasteiger charge is 2.24. The lowest BCUT2D eigenvalue weighted by molar-refractivity contribution is -0.385. The molecule has 21 heavy (non-hydrogen) atoms. The summed E-state index contributed by atoms with van der Waals surface area (Å²) in [5.74, 6) is 0.582. The molecule has 0 aliphatic rings. The van der Waals surface area contributed by atoms with E-state index in [1.165, 1.54) is 6.33 Å². The summed E-state index contributed by atoms with van der Waals surface area (Å²) in [6.07, 6.45) is 2.07. The van der Waals surface area contributed by atoms with Crippen molar-refractivity contribution in [2.24, 2.45) is 0 Å². The van der Waals surface area contributed by atoms with E-state index in [2.05, 4.69) is 37.9 Å². The van der Waals surface area contributed by atoms with Crippen molar-refractivity contribution < 1.29 is 9.66 Å². The average molecular weight is 400 g/mol. The van der Waals surface area contributed by atoms with E-state index in [9.17, 15) is 10.1 Å². The monoisotopic (exact) mass is 400 g/mol. The minimum Gasteiger partial charge on any atom is -0.434 e. The van der Waals surface area contributed by atoms with E-state index in [1.54, 1.807) is 18.2 Å². The zero-order valence-corrected chi connectivity index (χ0v) is 13.4. The number of halogens is 1. The number of hydrogen-bond donors (Lipinski definition) is 1. The van der Waals surface area contributed by atoms with Gasteiger partial charge in [0.25, 0.3) is 0 Å². The van der Waals surface area contributed by atoms with Crippen molar-refractivity contribution in [3.05, 3.63) is 44.3 Å². The van der Waals surface area contributed by atoms with Crippen LogP contribution in [0.3, 0.4) is 0 Å². The largest absolute Gasteiger partial charge is 0.434 e. The first-order valence-corrected chi connectivity index (χ1v) is 7.36. The van der Waals surface area contributed by atoms with Crippen LogP contribution in [0, 0.1) is 13.7 Å². The van der Waals surface area contributed by atoms with Crippen molar-refractivity contribution in [1.82, 2.24) is 9.97 Å². The average Bonchev–Trinajstić information content (AvgIpc) is 2.45. The second-order valence-corrected chi connectivity index (χ2v) is 5.36. The number of nitrogens with zero attached hydrogens (tertiary/aromatic N) is 3. The van der Waals surface area contributed by atoms with Gasteiger partial charge in [-0.1, -0.05) is 13.0 Å². The fraction of sp³-hybridized carbons (Fsp3) is 0.231. The fourth-order valence-corrected chi connectivity index (χ4v) is 2.13. The highest BCUT2D eigenvalue weighted by molar-refractivity contribution is 14.1. The Bertz CT molecular complexity index is 651. The Morgan fingerprint density at radius 3 is 2.90 bits per heavy atom. The molecule has 1 N–H and O–H groups in total. The van der Waals surface area contributed by atoms with Crippen molar-refractivity contribution in [3.63, 3.8) is 0 Å². The number of nitrogens with one attached hydrogen (secondary N) is 1. The Morgan fingerprint density at radius 2 is 2.24 bits per heavy atom. The zero-order chi connectivity index (χ0) is 15.2. The topological polar surface area (TPSA) is 90.2 Å². The molecule has 0 aliphatic heterocycles. The maximum Gasteiger partial charge on any atom is 0.373 e. The molecule has 0 bridgehead atoms. The molecular weight excluding hydrogens is 387 g/mol. The molecule has 0 fully saturated rings. The molecule has 7 nitrogen and oxygen atoms in total. The smallest absolute Gasteiger partial charge is 0.373 e. The van der Waals surface area contributed by atoms with Crippen LogP contribution in [-0.2, 0) is 0 Å². The molecule has 8 heteroatoms. The predicted molar refractivity (Wildman–Crippen MR) is 86.7 cm³/mol. The lowest BCUT2D eigenvalue weighted by atomic mass is 10.3. The number of rotatable bonds is 6. The molecule has 0 atom stereocenters. The second-order valence-electron chi connectivity index (χ2n) is 4.12. The molecule has 1 aromatic carbocycles. The van der Waals surface area contributed by atoms with Crippen molar-refractivity contribution in [1.29, 1.82) is 0 Å². The summed E-state index contributed by atoms with van der Waals surface area (Å²) < 4.78 is 6.50. The number of anilines is 1. The lowest BCUT2D eigenvalue weighted by Crippen LogP contribution is -2.07. The summed E-state index contributed by atoms with van der Waals surface area (Å²) in [4.78, 5) is 18.5. The maximum absolute atomic E-state index is 11.3. The molecule has 1 heterocycles. The van der Waals surface area contributed by atoms with E-state index in [4.69, 9.17) is 4.74 Å². The minimum absolute atomic E-state index is 0.0735. The highest BCUT2D eigenvalue weighted by atomic mass is 127. The van der Waals surface area contributed by atoms with Crippen molar-refractivity contribution >= 4 is 34.1 Å². The quantitative estimate of drug-likeness (QED) is 0.453. The van der Waals surface area contributed by atoms with Crippen LogP contribution in [0.5, 0.6) is 11.6 Å². The molecule has 0 amide bonds. The molecule has 0 aliphatic carbocycles. The molecule has 110 valence electrons. The first-order valence-electron chi connectivity index (χ1n) is 6.28. The van der Waals surface area contributed by atoms with E-state index in [-0.39, 0.29) is 17.4 Å². The van der Waals surface area contributed by atoms with Gasteiger partial charge in [0.15, 0.2) is 0 Å². The number of benzene rings is 1. The SMILES string of the molecule is CCCNc1ncnc(Oc2cccc(I)c2)c1[N+](=O)[O-]. The molecular formula is C13H13IN4O3. The van der Waals surface area contributed by atoms with Crippen LogP contribution < -0.4 is 10.1 Å². The Morgan fingerprint density at radius 1 is 1.43 bits per heavy atom. The van der Waals surface area contributed by atoms with Crippen molar-refractivity contribution in [2.75, 3.05) is 11.9 Å². The van der Waals surface area contributed by atoms with Gasteiger partial charge in [-0.3, -0.25) is 10.1 Å². The molecule has 0 unspecified atom stereocenters. The van der Waals surface area contributed by atoms with Crippen molar-refractivity contribution in [3.8, 4) is 11.6 Å². The van der Waals surface area contributed by atoms with Crippen LogP contribution in [0.15, 0.2) is 30.6 Å². The normalized spacial score (nSPS) is 10.2. The lowest BCUT2D eigenvalue weighted by Gasteiger charge is -2.08. The van der Waals surface area contributed by atoms with E-state index >= 15 is 0 Å². The summed E-state index contributed by atoms with van der Waals surface area (Å²) in [5, 5.41) is 14.2. The van der Waals surface area contributed by atoms with E-state index in [1.807, 2.05) is 13.0 Å². The molecule has 1 aromatic heterocycles. The van der Waals surface area contributed by atoms with Gasteiger partial charge >= 0.3 is 11.6 Å². The third kappa shape index (κ3) is 4.00. The van der Waals surface area contributed by atoms with Gasteiger partial charge in [0.05, 0.1) is 4.92 Å². The Kier molecular flexibility index (Phi) is 5.26. The van der Waals surface area contributed by atoms with Gasteiger partial charge < -0.3 is 10.1 Å². The Hall–Kier alpha value is -1.97.